The van der Waals surface area contributed by atoms with Crippen molar-refractivity contribution in [3.05, 3.63) is 57.7 Å². The SMILES string of the molecule is C=C(NC=NC)S(=O)(=O)N(C)c1nc(-c2cc3ccccc3[nH]c2=O)cs1. The zero-order valence-corrected chi connectivity index (χ0v) is 16.3. The maximum Gasteiger partial charge on any atom is 0.280 e. The van der Waals surface area contributed by atoms with Gasteiger partial charge in [0.05, 0.1) is 17.6 Å². The number of hydrogen-bond donors (Lipinski definition) is 2. The molecule has 0 radical (unpaired) electrons. The normalized spacial score (nSPS) is 11.8. The minimum absolute atomic E-state index is 0.217. The number of hydrogen-bond acceptors (Lipinski definition) is 6. The largest absolute Gasteiger partial charge is 0.336 e. The summed E-state index contributed by atoms with van der Waals surface area (Å²) in [6, 6.07) is 9.13. The van der Waals surface area contributed by atoms with Crippen LogP contribution in [0.3, 0.4) is 0 Å². The van der Waals surface area contributed by atoms with Gasteiger partial charge in [0.2, 0.25) is 0 Å². The molecule has 2 N–H and O–H groups in total. The van der Waals surface area contributed by atoms with Crippen LogP contribution in [0.2, 0.25) is 0 Å². The summed E-state index contributed by atoms with van der Waals surface area (Å²) in [4.78, 5) is 23.2. The molecule has 2 aromatic heterocycles. The van der Waals surface area contributed by atoms with E-state index in [4.69, 9.17) is 0 Å². The molecule has 27 heavy (non-hydrogen) atoms. The Kier molecular flexibility index (Phi) is 5.10. The Hall–Kier alpha value is -2.98. The zero-order valence-electron chi connectivity index (χ0n) is 14.6. The van der Waals surface area contributed by atoms with E-state index in [2.05, 4.69) is 26.9 Å². The summed E-state index contributed by atoms with van der Waals surface area (Å²) in [6.07, 6.45) is 1.23. The van der Waals surface area contributed by atoms with E-state index in [1.165, 1.54) is 20.4 Å². The fraction of sp³-hybridized carbons (Fsp3) is 0.118. The van der Waals surface area contributed by atoms with Gasteiger partial charge < -0.3 is 10.3 Å². The summed E-state index contributed by atoms with van der Waals surface area (Å²) in [6.45, 7) is 3.51. The molecule has 140 valence electrons. The van der Waals surface area contributed by atoms with Crippen LogP contribution in [0.1, 0.15) is 0 Å². The molecule has 0 aliphatic rings. The summed E-state index contributed by atoms with van der Waals surface area (Å²) in [5.41, 5.74) is 1.21. The summed E-state index contributed by atoms with van der Waals surface area (Å²) >= 11 is 1.12. The Morgan fingerprint density at radius 2 is 2.15 bits per heavy atom. The Morgan fingerprint density at radius 3 is 2.89 bits per heavy atom. The van der Waals surface area contributed by atoms with Crippen LogP contribution in [0.25, 0.3) is 22.2 Å². The number of fused-ring (bicyclic) bond motifs is 1. The van der Waals surface area contributed by atoms with E-state index in [0.717, 1.165) is 26.5 Å². The number of aromatic amines is 1. The molecule has 0 saturated carbocycles. The second-order valence-electron chi connectivity index (χ2n) is 5.54. The van der Waals surface area contributed by atoms with E-state index < -0.39 is 10.0 Å². The molecule has 3 aromatic rings. The van der Waals surface area contributed by atoms with Gasteiger partial charge in [-0.2, -0.15) is 8.42 Å². The molecule has 8 nitrogen and oxygen atoms in total. The van der Waals surface area contributed by atoms with Crippen molar-refractivity contribution in [2.45, 2.75) is 0 Å². The van der Waals surface area contributed by atoms with Gasteiger partial charge in [0, 0.05) is 25.0 Å². The fourth-order valence-corrected chi connectivity index (χ4v) is 4.25. The first-order valence-electron chi connectivity index (χ1n) is 7.77. The second kappa shape index (κ2) is 7.33. The van der Waals surface area contributed by atoms with Gasteiger partial charge in [-0.1, -0.05) is 24.8 Å². The highest BCUT2D eigenvalue weighted by Gasteiger charge is 2.25. The molecular weight excluding hydrogens is 386 g/mol. The second-order valence-corrected chi connectivity index (χ2v) is 8.37. The van der Waals surface area contributed by atoms with E-state index in [0.29, 0.717) is 11.3 Å². The average molecular weight is 403 g/mol. The first kappa shape index (κ1) is 18.8. The van der Waals surface area contributed by atoms with Crippen LogP contribution in [-0.4, -0.2) is 38.8 Å². The molecule has 0 amide bonds. The van der Waals surface area contributed by atoms with Crippen LogP contribution >= 0.6 is 11.3 Å². The number of aromatic nitrogens is 2. The lowest BCUT2D eigenvalue weighted by atomic mass is 10.1. The van der Waals surface area contributed by atoms with Gasteiger partial charge >= 0.3 is 0 Å². The molecule has 1 aromatic carbocycles. The lowest BCUT2D eigenvalue weighted by molar-refractivity contribution is 0.599. The van der Waals surface area contributed by atoms with Crippen LogP contribution in [0, 0.1) is 0 Å². The van der Waals surface area contributed by atoms with E-state index in [9.17, 15) is 13.2 Å². The molecule has 0 aliphatic carbocycles. The van der Waals surface area contributed by atoms with Crippen molar-refractivity contribution < 1.29 is 8.42 Å². The smallest absolute Gasteiger partial charge is 0.280 e. The minimum atomic E-state index is -3.88. The average Bonchev–Trinajstić information content (AvgIpc) is 3.14. The Balaban J connectivity index is 1.96. The highest BCUT2D eigenvalue weighted by Crippen LogP contribution is 2.28. The van der Waals surface area contributed by atoms with Crippen molar-refractivity contribution in [1.29, 1.82) is 0 Å². The summed E-state index contributed by atoms with van der Waals surface area (Å²) in [5.74, 6) is 0. The number of rotatable bonds is 6. The Morgan fingerprint density at radius 1 is 1.41 bits per heavy atom. The maximum absolute atomic E-state index is 12.5. The van der Waals surface area contributed by atoms with Crippen LogP contribution in [0.5, 0.6) is 0 Å². The van der Waals surface area contributed by atoms with E-state index >= 15 is 0 Å². The molecule has 0 atom stereocenters. The van der Waals surface area contributed by atoms with Gasteiger partial charge in [-0.15, -0.1) is 11.3 Å². The van der Waals surface area contributed by atoms with Crippen molar-refractivity contribution in [2.24, 2.45) is 4.99 Å². The Labute approximate surface area is 160 Å². The van der Waals surface area contributed by atoms with Crippen LogP contribution in [0.4, 0.5) is 5.13 Å². The highest BCUT2D eigenvalue weighted by atomic mass is 32.2. The third-order valence-electron chi connectivity index (χ3n) is 3.82. The molecular formula is C17H17N5O3S2. The topological polar surface area (TPSA) is 108 Å². The third-order valence-corrected chi connectivity index (χ3v) is 6.48. The van der Waals surface area contributed by atoms with Crippen molar-refractivity contribution in [1.82, 2.24) is 15.3 Å². The number of pyridine rings is 1. The first-order chi connectivity index (χ1) is 12.8. The van der Waals surface area contributed by atoms with Gasteiger partial charge in [0.1, 0.15) is 5.03 Å². The number of anilines is 1. The number of H-pyrrole nitrogens is 1. The predicted octanol–water partition coefficient (Wildman–Crippen LogP) is 2.14. The molecule has 0 unspecified atom stereocenters. The molecule has 0 bridgehead atoms. The van der Waals surface area contributed by atoms with E-state index in [-0.39, 0.29) is 15.7 Å². The molecule has 0 saturated heterocycles. The van der Waals surface area contributed by atoms with E-state index in [1.54, 1.807) is 11.4 Å². The van der Waals surface area contributed by atoms with Crippen LogP contribution in [0.15, 0.2) is 57.1 Å². The van der Waals surface area contributed by atoms with Crippen molar-refractivity contribution in [2.75, 3.05) is 18.4 Å². The number of benzene rings is 1. The van der Waals surface area contributed by atoms with Gasteiger partial charge in [0.15, 0.2) is 5.13 Å². The summed E-state index contributed by atoms with van der Waals surface area (Å²) < 4.78 is 26.1. The zero-order chi connectivity index (χ0) is 19.6. The van der Waals surface area contributed by atoms with Crippen molar-refractivity contribution in [3.63, 3.8) is 0 Å². The molecule has 0 fully saturated rings. The van der Waals surface area contributed by atoms with Gasteiger partial charge in [-0.05, 0) is 17.5 Å². The monoisotopic (exact) mass is 403 g/mol. The first-order valence-corrected chi connectivity index (χ1v) is 10.1. The van der Waals surface area contributed by atoms with Crippen molar-refractivity contribution >= 4 is 43.7 Å². The summed E-state index contributed by atoms with van der Waals surface area (Å²) in [7, 11) is -1.00. The lowest BCUT2D eigenvalue weighted by Crippen LogP contribution is -2.32. The number of sulfonamides is 1. The molecule has 2 heterocycles. The number of nitrogens with zero attached hydrogens (tertiary/aromatic N) is 3. The third kappa shape index (κ3) is 3.62. The van der Waals surface area contributed by atoms with Crippen LogP contribution in [-0.2, 0) is 10.0 Å². The predicted molar refractivity (Wildman–Crippen MR) is 110 cm³/mol. The fourth-order valence-electron chi connectivity index (χ4n) is 2.35. The standard InChI is InChI=1S/C17H17N5O3S2/c1-11(19-10-18-2)27(24,25)22(3)17-21-15(9-26-17)13-8-12-6-4-5-7-14(12)20-16(13)23/h4-10H,1H2,2-3H3,(H,18,19)(H,20,23). The van der Waals surface area contributed by atoms with Gasteiger partial charge in [-0.3, -0.25) is 9.79 Å². The quantitative estimate of drug-likeness (QED) is 0.484. The number of thiazole rings is 1. The molecule has 3 rings (SSSR count). The van der Waals surface area contributed by atoms with Crippen LogP contribution < -0.4 is 15.2 Å². The van der Waals surface area contributed by atoms with Gasteiger partial charge in [-0.25, -0.2) is 9.29 Å². The number of para-hydroxylation sites is 1. The molecule has 0 aliphatic heterocycles. The lowest BCUT2D eigenvalue weighted by Gasteiger charge is -2.17. The maximum atomic E-state index is 12.5. The highest BCUT2D eigenvalue weighted by molar-refractivity contribution is 7.96. The minimum Gasteiger partial charge on any atom is -0.336 e. The van der Waals surface area contributed by atoms with Crippen molar-refractivity contribution in [3.8, 4) is 11.3 Å². The van der Waals surface area contributed by atoms with Gasteiger partial charge in [0.25, 0.3) is 15.6 Å². The Bertz CT molecular complexity index is 1190. The summed E-state index contributed by atoms with van der Waals surface area (Å²) in [5, 5.41) is 4.99. The molecule has 0 spiro atoms. The van der Waals surface area contributed by atoms with E-state index in [1.807, 2.05) is 24.3 Å². The molecule has 10 heteroatoms. The number of aliphatic imine (C=N–C) groups is 1. The number of nitrogens with one attached hydrogen (secondary N) is 2.